The first-order valence-electron chi connectivity index (χ1n) is 9.53. The van der Waals surface area contributed by atoms with Gasteiger partial charge >= 0.3 is 6.03 Å². The number of anilines is 2. The molecule has 1 atom stereocenters. The summed E-state index contributed by atoms with van der Waals surface area (Å²) in [5.74, 6) is 1.38. The van der Waals surface area contributed by atoms with Crippen molar-refractivity contribution >= 4 is 34.9 Å². The van der Waals surface area contributed by atoms with E-state index in [-0.39, 0.29) is 24.4 Å². The molecule has 30 heavy (non-hydrogen) atoms. The Bertz CT molecular complexity index is 1020. The van der Waals surface area contributed by atoms with Crippen LogP contribution in [0.15, 0.2) is 78.9 Å². The van der Waals surface area contributed by atoms with Gasteiger partial charge in [0, 0.05) is 29.4 Å². The molecule has 1 heterocycles. The molecule has 0 spiro atoms. The van der Waals surface area contributed by atoms with E-state index in [2.05, 4.69) is 10.6 Å². The standard InChI is InChI=1S/C23H20ClN3O3/c24-16-6-10-19(11-7-16)27-15-18(14-22(27)28)26-23(29)25-17-8-12-21(13-9-17)30-20-4-2-1-3-5-20/h1-13,18H,14-15H2,(H2,25,26,29). The van der Waals surface area contributed by atoms with Crippen LogP contribution in [-0.2, 0) is 4.79 Å². The van der Waals surface area contributed by atoms with E-state index in [0.717, 1.165) is 11.4 Å². The lowest BCUT2D eigenvalue weighted by Crippen LogP contribution is -2.39. The van der Waals surface area contributed by atoms with Crippen LogP contribution < -0.4 is 20.3 Å². The topological polar surface area (TPSA) is 70.7 Å². The number of benzene rings is 3. The fourth-order valence-electron chi connectivity index (χ4n) is 3.26. The van der Waals surface area contributed by atoms with Crippen molar-refractivity contribution < 1.29 is 14.3 Å². The molecule has 6 nitrogen and oxygen atoms in total. The molecule has 3 aromatic carbocycles. The van der Waals surface area contributed by atoms with Crippen molar-refractivity contribution in [3.8, 4) is 11.5 Å². The molecule has 4 rings (SSSR count). The molecule has 7 heteroatoms. The number of halogens is 1. The third-order valence-corrected chi connectivity index (χ3v) is 4.94. The fourth-order valence-corrected chi connectivity index (χ4v) is 3.38. The Balaban J connectivity index is 1.30. The molecular weight excluding hydrogens is 402 g/mol. The third kappa shape index (κ3) is 4.90. The smallest absolute Gasteiger partial charge is 0.319 e. The van der Waals surface area contributed by atoms with Gasteiger partial charge in [0.05, 0.1) is 6.04 Å². The Morgan fingerprint density at radius 1 is 0.933 bits per heavy atom. The highest BCUT2D eigenvalue weighted by Gasteiger charge is 2.31. The SMILES string of the molecule is O=C(Nc1ccc(Oc2ccccc2)cc1)NC1CC(=O)N(c2ccc(Cl)cc2)C1. The lowest BCUT2D eigenvalue weighted by atomic mass is 10.2. The number of para-hydroxylation sites is 1. The lowest BCUT2D eigenvalue weighted by Gasteiger charge is -2.17. The van der Waals surface area contributed by atoms with Crippen LogP contribution in [0.2, 0.25) is 5.02 Å². The Morgan fingerprint density at radius 3 is 2.30 bits per heavy atom. The number of nitrogens with one attached hydrogen (secondary N) is 2. The fraction of sp³-hybridized carbons (Fsp3) is 0.130. The van der Waals surface area contributed by atoms with Gasteiger partial charge in [-0.05, 0) is 60.7 Å². The highest BCUT2D eigenvalue weighted by atomic mass is 35.5. The van der Waals surface area contributed by atoms with E-state index in [1.54, 1.807) is 53.4 Å². The van der Waals surface area contributed by atoms with Crippen molar-refractivity contribution in [1.29, 1.82) is 0 Å². The molecule has 1 saturated heterocycles. The van der Waals surface area contributed by atoms with Gasteiger partial charge < -0.3 is 20.3 Å². The van der Waals surface area contributed by atoms with E-state index in [0.29, 0.717) is 23.0 Å². The van der Waals surface area contributed by atoms with Crippen LogP contribution in [0.25, 0.3) is 0 Å². The van der Waals surface area contributed by atoms with Gasteiger partial charge in [-0.1, -0.05) is 29.8 Å². The van der Waals surface area contributed by atoms with Crippen LogP contribution in [0.1, 0.15) is 6.42 Å². The van der Waals surface area contributed by atoms with E-state index in [4.69, 9.17) is 16.3 Å². The van der Waals surface area contributed by atoms with Crippen molar-refractivity contribution in [3.05, 3.63) is 83.9 Å². The molecule has 3 aromatic rings. The number of carbonyl (C=O) groups excluding carboxylic acids is 2. The molecule has 1 aliphatic heterocycles. The maximum Gasteiger partial charge on any atom is 0.319 e. The Kier molecular flexibility index (Phi) is 5.86. The second-order valence-corrected chi connectivity index (χ2v) is 7.36. The molecule has 0 aromatic heterocycles. The summed E-state index contributed by atoms with van der Waals surface area (Å²) in [6.45, 7) is 0.414. The summed E-state index contributed by atoms with van der Waals surface area (Å²) in [4.78, 5) is 26.3. The zero-order valence-electron chi connectivity index (χ0n) is 16.0. The lowest BCUT2D eigenvalue weighted by molar-refractivity contribution is -0.117. The molecule has 2 N–H and O–H groups in total. The van der Waals surface area contributed by atoms with Crippen LogP contribution in [0, 0.1) is 0 Å². The summed E-state index contributed by atoms with van der Waals surface area (Å²) in [5, 5.41) is 6.25. The molecule has 152 valence electrons. The van der Waals surface area contributed by atoms with Crippen LogP contribution >= 0.6 is 11.6 Å². The largest absolute Gasteiger partial charge is 0.457 e. The Labute approximate surface area is 179 Å². The maximum atomic E-state index is 12.3. The van der Waals surface area contributed by atoms with E-state index in [1.165, 1.54) is 0 Å². The van der Waals surface area contributed by atoms with Crippen molar-refractivity contribution in [1.82, 2.24) is 5.32 Å². The van der Waals surface area contributed by atoms with Crippen LogP contribution in [-0.4, -0.2) is 24.5 Å². The van der Waals surface area contributed by atoms with E-state index < -0.39 is 0 Å². The van der Waals surface area contributed by atoms with Crippen LogP contribution in [0.4, 0.5) is 16.2 Å². The maximum absolute atomic E-state index is 12.3. The van der Waals surface area contributed by atoms with E-state index >= 15 is 0 Å². The minimum atomic E-state index is -0.359. The van der Waals surface area contributed by atoms with Gasteiger partial charge in [-0.3, -0.25) is 4.79 Å². The highest BCUT2D eigenvalue weighted by molar-refractivity contribution is 6.30. The number of hydrogen-bond donors (Lipinski definition) is 2. The van der Waals surface area contributed by atoms with Crippen molar-refractivity contribution in [2.75, 3.05) is 16.8 Å². The van der Waals surface area contributed by atoms with Gasteiger partial charge in [0.1, 0.15) is 11.5 Å². The summed E-state index contributed by atoms with van der Waals surface area (Å²) in [5.41, 5.74) is 1.40. The van der Waals surface area contributed by atoms with Gasteiger partial charge in [-0.25, -0.2) is 4.79 Å². The highest BCUT2D eigenvalue weighted by Crippen LogP contribution is 2.24. The minimum Gasteiger partial charge on any atom is -0.457 e. The first kappa shape index (κ1) is 19.8. The Hall–Kier alpha value is -3.51. The minimum absolute atomic E-state index is 0.0370. The predicted molar refractivity (Wildman–Crippen MR) is 117 cm³/mol. The molecular formula is C23H20ClN3O3. The van der Waals surface area contributed by atoms with E-state index in [9.17, 15) is 9.59 Å². The van der Waals surface area contributed by atoms with Gasteiger partial charge in [0.2, 0.25) is 5.91 Å². The second-order valence-electron chi connectivity index (χ2n) is 6.92. The number of urea groups is 1. The van der Waals surface area contributed by atoms with Crippen LogP contribution in [0.5, 0.6) is 11.5 Å². The molecule has 0 radical (unpaired) electrons. The van der Waals surface area contributed by atoms with Gasteiger partial charge in [-0.15, -0.1) is 0 Å². The summed E-state index contributed by atoms with van der Waals surface area (Å²) < 4.78 is 5.74. The number of rotatable bonds is 5. The normalized spacial score (nSPS) is 15.7. The number of amides is 3. The molecule has 1 fully saturated rings. The predicted octanol–water partition coefficient (Wildman–Crippen LogP) is 5.06. The van der Waals surface area contributed by atoms with Crippen LogP contribution in [0.3, 0.4) is 0 Å². The molecule has 0 bridgehead atoms. The van der Waals surface area contributed by atoms with Crippen molar-refractivity contribution in [3.63, 3.8) is 0 Å². The zero-order valence-corrected chi connectivity index (χ0v) is 16.8. The average Bonchev–Trinajstić information content (AvgIpc) is 3.10. The van der Waals surface area contributed by atoms with Gasteiger partial charge in [-0.2, -0.15) is 0 Å². The quantitative estimate of drug-likeness (QED) is 0.605. The van der Waals surface area contributed by atoms with Gasteiger partial charge in [0.15, 0.2) is 0 Å². The molecule has 1 aliphatic rings. The second kappa shape index (κ2) is 8.88. The Morgan fingerprint density at radius 2 is 1.60 bits per heavy atom. The summed E-state index contributed by atoms with van der Waals surface area (Å²) >= 11 is 5.90. The zero-order chi connectivity index (χ0) is 20.9. The molecule has 0 saturated carbocycles. The molecule has 0 aliphatic carbocycles. The first-order valence-corrected chi connectivity index (χ1v) is 9.91. The number of hydrogen-bond acceptors (Lipinski definition) is 3. The third-order valence-electron chi connectivity index (χ3n) is 4.69. The number of nitrogens with zero attached hydrogens (tertiary/aromatic N) is 1. The monoisotopic (exact) mass is 421 g/mol. The molecule has 1 unspecified atom stereocenters. The van der Waals surface area contributed by atoms with Crippen molar-refractivity contribution in [2.24, 2.45) is 0 Å². The van der Waals surface area contributed by atoms with Gasteiger partial charge in [0.25, 0.3) is 0 Å². The summed E-state index contributed by atoms with van der Waals surface area (Å²) in [6.07, 6.45) is 0.250. The average molecular weight is 422 g/mol. The number of ether oxygens (including phenoxy) is 1. The van der Waals surface area contributed by atoms with Crippen molar-refractivity contribution in [2.45, 2.75) is 12.5 Å². The molecule has 3 amide bonds. The number of carbonyl (C=O) groups is 2. The summed E-state index contributed by atoms with van der Waals surface area (Å²) in [7, 11) is 0. The summed E-state index contributed by atoms with van der Waals surface area (Å²) in [6, 6.07) is 23.0. The first-order chi connectivity index (χ1) is 14.6. The van der Waals surface area contributed by atoms with E-state index in [1.807, 2.05) is 30.3 Å².